The molecule has 124 valence electrons. The molecule has 6 nitrogen and oxygen atoms in total. The van der Waals surface area contributed by atoms with Crippen molar-refractivity contribution in [3.05, 3.63) is 48.8 Å². The Morgan fingerprint density at radius 1 is 1.12 bits per heavy atom. The predicted molar refractivity (Wildman–Crippen MR) is 95.2 cm³/mol. The van der Waals surface area contributed by atoms with Gasteiger partial charge in [-0.3, -0.25) is 14.7 Å². The fraction of sp³-hybridized carbons (Fsp3) is 0.278. The fourth-order valence-electron chi connectivity index (χ4n) is 2.52. The van der Waals surface area contributed by atoms with Crippen LogP contribution in [0.15, 0.2) is 48.8 Å². The molecule has 0 saturated carbocycles. The van der Waals surface area contributed by atoms with Crippen molar-refractivity contribution in [2.75, 3.05) is 19.6 Å². The minimum atomic E-state index is -0.0538. The van der Waals surface area contributed by atoms with Gasteiger partial charge in [0.2, 0.25) is 5.95 Å². The molecule has 1 atom stereocenters. The summed E-state index contributed by atoms with van der Waals surface area (Å²) in [4.78, 5) is 21.1. The maximum atomic E-state index is 5.71. The van der Waals surface area contributed by atoms with Crippen LogP contribution in [0.2, 0.25) is 0 Å². The molecule has 3 rings (SSSR count). The van der Waals surface area contributed by atoms with E-state index in [1.807, 2.05) is 55.4 Å². The molecule has 0 saturated heterocycles. The van der Waals surface area contributed by atoms with Crippen LogP contribution < -0.4 is 5.48 Å². The molecule has 0 fully saturated rings. The Labute approximate surface area is 141 Å². The third-order valence-corrected chi connectivity index (χ3v) is 3.75. The van der Waals surface area contributed by atoms with Crippen LogP contribution in [0.4, 0.5) is 5.95 Å². The van der Waals surface area contributed by atoms with Gasteiger partial charge in [0, 0.05) is 23.3 Å². The Morgan fingerprint density at radius 2 is 1.96 bits per heavy atom. The molecule has 0 aliphatic heterocycles. The monoisotopic (exact) mass is 323 g/mol. The first-order chi connectivity index (χ1) is 11.7. The second-order valence-electron chi connectivity index (χ2n) is 5.70. The minimum Gasteiger partial charge on any atom is -0.282 e. The molecular weight excluding hydrogens is 302 g/mol. The molecule has 2 aromatic heterocycles. The molecule has 6 heteroatoms. The van der Waals surface area contributed by atoms with Gasteiger partial charge in [-0.05, 0) is 38.7 Å². The lowest BCUT2D eigenvalue weighted by molar-refractivity contribution is -0.00818. The van der Waals surface area contributed by atoms with Crippen LogP contribution in [0.1, 0.15) is 13.3 Å². The van der Waals surface area contributed by atoms with Crippen molar-refractivity contribution in [3.8, 4) is 11.3 Å². The summed E-state index contributed by atoms with van der Waals surface area (Å²) in [6, 6.07) is 11.8. The van der Waals surface area contributed by atoms with Crippen molar-refractivity contribution in [1.82, 2.24) is 19.9 Å². The van der Waals surface area contributed by atoms with E-state index in [9.17, 15) is 0 Å². The predicted octanol–water partition coefficient (Wildman–Crippen LogP) is 3.33. The molecule has 1 aromatic carbocycles. The molecule has 0 spiro atoms. The van der Waals surface area contributed by atoms with E-state index in [4.69, 9.17) is 4.84 Å². The Hall–Kier alpha value is -2.57. The summed E-state index contributed by atoms with van der Waals surface area (Å²) in [5, 5.41) is 0.982. The zero-order valence-corrected chi connectivity index (χ0v) is 14.1. The number of aromatic nitrogens is 3. The van der Waals surface area contributed by atoms with E-state index in [1.54, 1.807) is 12.4 Å². The van der Waals surface area contributed by atoms with Crippen molar-refractivity contribution >= 4 is 16.9 Å². The molecule has 0 amide bonds. The average molecular weight is 323 g/mol. The number of nitrogens with one attached hydrogen (secondary N) is 1. The van der Waals surface area contributed by atoms with Crippen molar-refractivity contribution < 1.29 is 4.84 Å². The molecule has 3 aromatic rings. The number of hydrogen-bond acceptors (Lipinski definition) is 6. The van der Waals surface area contributed by atoms with Gasteiger partial charge < -0.3 is 0 Å². The number of anilines is 1. The lowest BCUT2D eigenvalue weighted by Gasteiger charge is -2.22. The Bertz CT molecular complexity index is 807. The van der Waals surface area contributed by atoms with E-state index in [0.717, 1.165) is 28.6 Å². The van der Waals surface area contributed by atoms with Gasteiger partial charge in [-0.2, -0.15) is 0 Å². The summed E-state index contributed by atoms with van der Waals surface area (Å²) >= 11 is 0. The Balaban J connectivity index is 1.98. The second kappa shape index (κ2) is 7.33. The summed E-state index contributed by atoms with van der Waals surface area (Å²) in [7, 11) is 3.94. The highest BCUT2D eigenvalue weighted by atomic mass is 16.7. The number of pyridine rings is 1. The van der Waals surface area contributed by atoms with Crippen LogP contribution in [0.3, 0.4) is 0 Å². The zero-order chi connectivity index (χ0) is 16.9. The van der Waals surface area contributed by atoms with E-state index in [0.29, 0.717) is 5.95 Å². The smallest absolute Gasteiger partial charge is 0.248 e. The highest BCUT2D eigenvalue weighted by Gasteiger charge is 2.13. The summed E-state index contributed by atoms with van der Waals surface area (Å²) in [5.74, 6) is 0.438. The maximum absolute atomic E-state index is 5.71. The summed E-state index contributed by atoms with van der Waals surface area (Å²) in [6.07, 6.45) is 4.34. The zero-order valence-electron chi connectivity index (χ0n) is 14.1. The van der Waals surface area contributed by atoms with E-state index in [2.05, 4.69) is 27.4 Å². The van der Waals surface area contributed by atoms with Crippen LogP contribution >= 0.6 is 0 Å². The standard InChI is InChI=1S/C18H21N5O/c1-4-16(23(2)3)24-22-18-20-15-10-6-5-9-14(15)17(21-18)13-8-7-11-19-12-13/h5-12,16H,4H2,1-3H3,(H,20,21,22). The van der Waals surface area contributed by atoms with Gasteiger partial charge >= 0.3 is 0 Å². The van der Waals surface area contributed by atoms with Gasteiger partial charge in [-0.25, -0.2) is 15.4 Å². The summed E-state index contributed by atoms with van der Waals surface area (Å²) in [5.41, 5.74) is 5.53. The molecule has 0 aliphatic carbocycles. The lowest BCUT2D eigenvalue weighted by atomic mass is 10.1. The van der Waals surface area contributed by atoms with Crippen molar-refractivity contribution in [2.45, 2.75) is 19.6 Å². The van der Waals surface area contributed by atoms with Gasteiger partial charge in [0.15, 0.2) is 0 Å². The average Bonchev–Trinajstić information content (AvgIpc) is 2.62. The molecule has 24 heavy (non-hydrogen) atoms. The SMILES string of the molecule is CCC(ONc1nc(-c2cccnc2)c2ccccc2n1)N(C)C. The van der Waals surface area contributed by atoms with Gasteiger partial charge in [0.1, 0.15) is 6.23 Å². The first-order valence-corrected chi connectivity index (χ1v) is 7.94. The number of fused-ring (bicyclic) bond motifs is 1. The maximum Gasteiger partial charge on any atom is 0.248 e. The first-order valence-electron chi connectivity index (χ1n) is 7.94. The van der Waals surface area contributed by atoms with Crippen molar-refractivity contribution in [3.63, 3.8) is 0 Å². The largest absolute Gasteiger partial charge is 0.282 e. The number of nitrogens with zero attached hydrogens (tertiary/aromatic N) is 4. The van der Waals surface area contributed by atoms with Crippen molar-refractivity contribution in [2.24, 2.45) is 0 Å². The van der Waals surface area contributed by atoms with Crippen LogP contribution in [0.25, 0.3) is 22.2 Å². The van der Waals surface area contributed by atoms with Gasteiger partial charge in [-0.15, -0.1) is 0 Å². The normalized spacial score (nSPS) is 12.5. The molecule has 0 radical (unpaired) electrons. The first kappa shape index (κ1) is 16.3. The van der Waals surface area contributed by atoms with Gasteiger partial charge in [0.05, 0.1) is 11.2 Å². The molecule has 0 bridgehead atoms. The number of para-hydroxylation sites is 1. The van der Waals surface area contributed by atoms with Crippen LogP contribution in [0, 0.1) is 0 Å². The van der Waals surface area contributed by atoms with Crippen LogP contribution in [0.5, 0.6) is 0 Å². The van der Waals surface area contributed by atoms with E-state index < -0.39 is 0 Å². The third kappa shape index (κ3) is 3.50. The molecule has 0 aliphatic rings. The van der Waals surface area contributed by atoms with E-state index in [1.165, 1.54) is 0 Å². The lowest BCUT2D eigenvalue weighted by Crippen LogP contribution is -2.32. The highest BCUT2D eigenvalue weighted by molar-refractivity contribution is 5.92. The number of rotatable bonds is 6. The minimum absolute atomic E-state index is 0.0538. The molecule has 1 unspecified atom stereocenters. The number of benzene rings is 1. The number of hydrogen-bond donors (Lipinski definition) is 1. The molecule has 2 heterocycles. The molecular formula is C18H21N5O. The van der Waals surface area contributed by atoms with Crippen LogP contribution in [-0.4, -0.2) is 40.2 Å². The van der Waals surface area contributed by atoms with Crippen molar-refractivity contribution in [1.29, 1.82) is 0 Å². The van der Waals surface area contributed by atoms with E-state index in [-0.39, 0.29) is 6.23 Å². The second-order valence-corrected chi connectivity index (χ2v) is 5.70. The van der Waals surface area contributed by atoms with Gasteiger partial charge in [-0.1, -0.05) is 25.1 Å². The topological polar surface area (TPSA) is 63.2 Å². The summed E-state index contributed by atoms with van der Waals surface area (Å²) in [6.45, 7) is 2.06. The Morgan fingerprint density at radius 3 is 2.67 bits per heavy atom. The third-order valence-electron chi connectivity index (χ3n) is 3.75. The fourth-order valence-corrected chi connectivity index (χ4v) is 2.52. The van der Waals surface area contributed by atoms with E-state index >= 15 is 0 Å². The summed E-state index contributed by atoms with van der Waals surface area (Å²) < 4.78 is 0. The van der Waals surface area contributed by atoms with Crippen LogP contribution in [-0.2, 0) is 4.84 Å². The van der Waals surface area contributed by atoms with Gasteiger partial charge in [0.25, 0.3) is 0 Å². The molecule has 1 N–H and O–H groups in total. The highest BCUT2D eigenvalue weighted by Crippen LogP contribution is 2.26. The quantitative estimate of drug-likeness (QED) is 0.554. The Kier molecular flexibility index (Phi) is 4.98.